The van der Waals surface area contributed by atoms with Gasteiger partial charge in [0.25, 0.3) is 0 Å². The predicted octanol–water partition coefficient (Wildman–Crippen LogP) is 4.26. The van der Waals surface area contributed by atoms with Crippen LogP contribution in [0.1, 0.15) is 58.1 Å². The van der Waals surface area contributed by atoms with Gasteiger partial charge in [-0.05, 0) is 57.1 Å². The Morgan fingerprint density at radius 3 is 2.41 bits per heavy atom. The fourth-order valence-electron chi connectivity index (χ4n) is 3.04. The number of aryl methyl sites for hydroxylation is 1. The van der Waals surface area contributed by atoms with Gasteiger partial charge in [-0.1, -0.05) is 26.0 Å². The van der Waals surface area contributed by atoms with Crippen molar-refractivity contribution in [2.45, 2.75) is 60.4 Å². The van der Waals surface area contributed by atoms with E-state index in [1.54, 1.807) is 0 Å². The van der Waals surface area contributed by atoms with Crippen LogP contribution in [-0.2, 0) is 6.54 Å². The summed E-state index contributed by atoms with van der Waals surface area (Å²) in [6, 6.07) is 6.24. The average Bonchev–Trinajstić information content (AvgIpc) is 2.64. The van der Waals surface area contributed by atoms with E-state index in [9.17, 15) is 5.11 Å². The molecule has 0 atom stereocenters. The number of guanidine groups is 1. The highest BCUT2D eigenvalue weighted by atomic mass is 127. The number of rotatable bonds is 11. The number of aliphatic imine (C=N–C) groups is 1. The van der Waals surface area contributed by atoms with Crippen LogP contribution in [0.25, 0.3) is 0 Å². The molecule has 0 bridgehead atoms. The molecular weight excluding hydrogens is 453 g/mol. The van der Waals surface area contributed by atoms with Gasteiger partial charge in [0.15, 0.2) is 5.96 Å². The lowest BCUT2D eigenvalue weighted by Gasteiger charge is -2.32. The zero-order valence-electron chi connectivity index (χ0n) is 17.6. The normalized spacial score (nSPS) is 11.7. The van der Waals surface area contributed by atoms with Gasteiger partial charge in [-0.15, -0.1) is 24.0 Å². The zero-order valence-corrected chi connectivity index (χ0v) is 19.9. The van der Waals surface area contributed by atoms with Crippen LogP contribution in [0.4, 0.5) is 0 Å². The summed E-state index contributed by atoms with van der Waals surface area (Å²) in [4.78, 5) is 4.74. The minimum Gasteiger partial charge on any atom is -0.494 e. The lowest BCUT2D eigenvalue weighted by Crippen LogP contribution is -2.43. The molecule has 0 aromatic heterocycles. The molecule has 0 amide bonds. The molecule has 6 heteroatoms. The smallest absolute Gasteiger partial charge is 0.191 e. The molecule has 0 saturated carbocycles. The summed E-state index contributed by atoms with van der Waals surface area (Å²) in [6.07, 6.45) is 2.87. The maximum Gasteiger partial charge on any atom is 0.191 e. The molecule has 3 N–H and O–H groups in total. The third-order valence-corrected chi connectivity index (χ3v) is 5.05. The number of hydrogen-bond donors (Lipinski definition) is 3. The summed E-state index contributed by atoms with van der Waals surface area (Å²) in [7, 11) is 0. The van der Waals surface area contributed by atoms with E-state index in [0.717, 1.165) is 49.6 Å². The van der Waals surface area contributed by atoms with Crippen LogP contribution in [0, 0.1) is 12.3 Å². The molecule has 0 aliphatic rings. The maximum absolute atomic E-state index is 9.40. The van der Waals surface area contributed by atoms with Crippen LogP contribution in [0.2, 0.25) is 0 Å². The van der Waals surface area contributed by atoms with Crippen molar-refractivity contribution >= 4 is 29.9 Å². The second-order valence-electron chi connectivity index (χ2n) is 6.77. The van der Waals surface area contributed by atoms with Crippen LogP contribution in [-0.4, -0.2) is 37.4 Å². The SMILES string of the molecule is CCNC(=NCc1ccc(C)cc1OCC)NCC(CC)(CC)CCO.I. The molecule has 0 radical (unpaired) electrons. The van der Waals surface area contributed by atoms with Crippen molar-refractivity contribution in [2.24, 2.45) is 10.4 Å². The van der Waals surface area contributed by atoms with Gasteiger partial charge in [-0.3, -0.25) is 0 Å². The molecule has 0 spiro atoms. The van der Waals surface area contributed by atoms with Gasteiger partial charge >= 0.3 is 0 Å². The van der Waals surface area contributed by atoms with Crippen LogP contribution < -0.4 is 15.4 Å². The van der Waals surface area contributed by atoms with E-state index in [2.05, 4.69) is 56.5 Å². The highest BCUT2D eigenvalue weighted by Crippen LogP contribution is 2.29. The van der Waals surface area contributed by atoms with E-state index >= 15 is 0 Å². The number of aliphatic hydroxyl groups excluding tert-OH is 1. The molecule has 1 rings (SSSR count). The van der Waals surface area contributed by atoms with Gasteiger partial charge < -0.3 is 20.5 Å². The van der Waals surface area contributed by atoms with Crippen molar-refractivity contribution in [1.29, 1.82) is 0 Å². The summed E-state index contributed by atoms with van der Waals surface area (Å²) in [5, 5.41) is 16.2. The summed E-state index contributed by atoms with van der Waals surface area (Å²) < 4.78 is 5.75. The molecular formula is C21H38IN3O2. The summed E-state index contributed by atoms with van der Waals surface area (Å²) in [5.74, 6) is 1.71. The number of halogens is 1. The Bertz CT molecular complexity index is 560. The molecule has 5 nitrogen and oxygen atoms in total. The summed E-state index contributed by atoms with van der Waals surface area (Å²) in [5.41, 5.74) is 2.37. The number of nitrogens with one attached hydrogen (secondary N) is 2. The lowest BCUT2D eigenvalue weighted by molar-refractivity contribution is 0.169. The zero-order chi connectivity index (χ0) is 19.4. The van der Waals surface area contributed by atoms with Gasteiger partial charge in [-0.25, -0.2) is 4.99 Å². The van der Waals surface area contributed by atoms with Gasteiger partial charge in [0.2, 0.25) is 0 Å². The highest BCUT2D eigenvalue weighted by molar-refractivity contribution is 14.0. The van der Waals surface area contributed by atoms with Crippen molar-refractivity contribution < 1.29 is 9.84 Å². The number of nitrogens with zero attached hydrogens (tertiary/aromatic N) is 1. The average molecular weight is 491 g/mol. The highest BCUT2D eigenvalue weighted by Gasteiger charge is 2.25. The number of hydrogen-bond acceptors (Lipinski definition) is 3. The van der Waals surface area contributed by atoms with Crippen molar-refractivity contribution in [3.63, 3.8) is 0 Å². The van der Waals surface area contributed by atoms with Crippen molar-refractivity contribution in [3.05, 3.63) is 29.3 Å². The number of benzene rings is 1. The van der Waals surface area contributed by atoms with E-state index in [1.807, 2.05) is 6.92 Å². The molecule has 0 aliphatic heterocycles. The molecule has 27 heavy (non-hydrogen) atoms. The van der Waals surface area contributed by atoms with Gasteiger partial charge in [0.05, 0.1) is 13.2 Å². The van der Waals surface area contributed by atoms with E-state index in [4.69, 9.17) is 9.73 Å². The minimum atomic E-state index is 0. The van der Waals surface area contributed by atoms with Crippen molar-refractivity contribution in [1.82, 2.24) is 10.6 Å². The van der Waals surface area contributed by atoms with Crippen molar-refractivity contribution in [3.8, 4) is 5.75 Å². The van der Waals surface area contributed by atoms with Gasteiger partial charge in [0.1, 0.15) is 5.75 Å². The van der Waals surface area contributed by atoms with Crippen LogP contribution >= 0.6 is 24.0 Å². The van der Waals surface area contributed by atoms with Crippen LogP contribution in [0.3, 0.4) is 0 Å². The third-order valence-electron chi connectivity index (χ3n) is 5.05. The Morgan fingerprint density at radius 2 is 1.85 bits per heavy atom. The quantitative estimate of drug-likeness (QED) is 0.246. The topological polar surface area (TPSA) is 65.9 Å². The number of aliphatic hydroxyl groups is 1. The third kappa shape index (κ3) is 8.68. The molecule has 0 saturated heterocycles. The second-order valence-corrected chi connectivity index (χ2v) is 6.77. The standard InChI is InChI=1S/C21H37N3O2.HI/c1-6-21(7-2,12-13-25)16-24-20(22-8-3)23-15-18-11-10-17(5)14-19(18)26-9-4;/h10-11,14,25H,6-9,12-13,15-16H2,1-5H3,(H2,22,23,24);1H. The molecule has 0 aliphatic carbocycles. The van der Waals surface area contributed by atoms with E-state index < -0.39 is 0 Å². The Labute approximate surface area is 182 Å². The van der Waals surface area contributed by atoms with Crippen molar-refractivity contribution in [2.75, 3.05) is 26.3 Å². The van der Waals surface area contributed by atoms with E-state index in [-0.39, 0.29) is 36.0 Å². The first-order valence-corrected chi connectivity index (χ1v) is 9.89. The Balaban J connectivity index is 0.00000676. The molecule has 156 valence electrons. The maximum atomic E-state index is 9.40. The molecule has 0 heterocycles. The summed E-state index contributed by atoms with van der Waals surface area (Å²) >= 11 is 0. The number of ether oxygens (including phenoxy) is 1. The van der Waals surface area contributed by atoms with Crippen LogP contribution in [0.15, 0.2) is 23.2 Å². The predicted molar refractivity (Wildman–Crippen MR) is 125 cm³/mol. The first kappa shape index (κ1) is 26.0. The molecule has 1 aromatic rings. The Kier molecular flexibility index (Phi) is 13.5. The summed E-state index contributed by atoms with van der Waals surface area (Å²) in [6.45, 7) is 13.5. The first-order valence-electron chi connectivity index (χ1n) is 9.89. The molecule has 1 aromatic carbocycles. The molecule has 0 unspecified atom stereocenters. The van der Waals surface area contributed by atoms with Gasteiger partial charge in [-0.2, -0.15) is 0 Å². The lowest BCUT2D eigenvalue weighted by atomic mass is 9.79. The fourth-order valence-corrected chi connectivity index (χ4v) is 3.04. The van der Waals surface area contributed by atoms with E-state index in [1.165, 1.54) is 5.56 Å². The first-order chi connectivity index (χ1) is 12.5. The van der Waals surface area contributed by atoms with Crippen LogP contribution in [0.5, 0.6) is 5.75 Å². The minimum absolute atomic E-state index is 0. The Morgan fingerprint density at radius 1 is 1.15 bits per heavy atom. The second kappa shape index (κ2) is 14.0. The fraction of sp³-hybridized carbons (Fsp3) is 0.667. The Hall–Kier alpha value is -1.02. The van der Waals surface area contributed by atoms with Gasteiger partial charge in [0, 0.05) is 25.3 Å². The molecule has 0 fully saturated rings. The largest absolute Gasteiger partial charge is 0.494 e. The monoisotopic (exact) mass is 491 g/mol. The van der Waals surface area contributed by atoms with E-state index in [0.29, 0.717) is 13.2 Å².